The van der Waals surface area contributed by atoms with E-state index in [9.17, 15) is 27.9 Å². The minimum atomic E-state index is -4.50. The summed E-state index contributed by atoms with van der Waals surface area (Å²) in [7, 11) is 1.96. The number of amides is 3. The average molecular weight is 677 g/mol. The zero-order valence-corrected chi connectivity index (χ0v) is 27.4. The molecule has 12 heteroatoms. The summed E-state index contributed by atoms with van der Waals surface area (Å²) in [5.74, 6) is 1.09. The number of nitrogens with zero attached hydrogens (tertiary/aromatic N) is 2. The highest BCUT2D eigenvalue weighted by molar-refractivity contribution is 6.04. The maximum absolute atomic E-state index is 13.8. The molecule has 9 nitrogen and oxygen atoms in total. The molecule has 0 bridgehead atoms. The van der Waals surface area contributed by atoms with E-state index in [1.165, 1.54) is 0 Å². The van der Waals surface area contributed by atoms with Gasteiger partial charge in [0.15, 0.2) is 5.75 Å². The van der Waals surface area contributed by atoms with Crippen molar-refractivity contribution in [3.8, 4) is 17.2 Å². The molecule has 4 aromatic carbocycles. The van der Waals surface area contributed by atoms with Gasteiger partial charge in [0.05, 0.1) is 29.5 Å². The first kappa shape index (κ1) is 35.2. The van der Waals surface area contributed by atoms with Crippen LogP contribution in [0.15, 0.2) is 97.1 Å². The van der Waals surface area contributed by atoms with Crippen molar-refractivity contribution < 1.29 is 37.3 Å². The van der Waals surface area contributed by atoms with Crippen LogP contribution in [0.1, 0.15) is 35.3 Å². The Labute approximate surface area is 283 Å². The second-order valence-electron chi connectivity index (χ2n) is 12.2. The number of rotatable bonds is 10. The highest BCUT2D eigenvalue weighted by Gasteiger charge is 2.35. The third-order valence-corrected chi connectivity index (χ3v) is 8.26. The molecule has 0 saturated heterocycles. The molecule has 258 valence electrons. The first-order chi connectivity index (χ1) is 23.4. The van der Waals surface area contributed by atoms with Crippen molar-refractivity contribution in [1.82, 2.24) is 9.80 Å². The van der Waals surface area contributed by atoms with Gasteiger partial charge in [0.2, 0.25) is 0 Å². The first-order valence-corrected chi connectivity index (χ1v) is 15.9. The number of benzene rings is 4. The van der Waals surface area contributed by atoms with E-state index in [0.29, 0.717) is 19.6 Å². The lowest BCUT2D eigenvalue weighted by Crippen LogP contribution is -2.49. The maximum atomic E-state index is 13.8. The molecule has 3 atom stereocenters. The van der Waals surface area contributed by atoms with Crippen LogP contribution in [0.3, 0.4) is 0 Å². The van der Waals surface area contributed by atoms with Gasteiger partial charge in [0, 0.05) is 31.2 Å². The van der Waals surface area contributed by atoms with E-state index >= 15 is 0 Å². The second kappa shape index (κ2) is 15.4. The molecule has 1 aliphatic rings. The monoisotopic (exact) mass is 676 g/mol. The molecule has 3 N–H and O–H groups in total. The fraction of sp³-hybridized carbons (Fsp3) is 0.297. The number of alkyl halides is 3. The highest BCUT2D eigenvalue weighted by atomic mass is 19.4. The van der Waals surface area contributed by atoms with Crippen LogP contribution >= 0.6 is 0 Å². The van der Waals surface area contributed by atoms with Crippen molar-refractivity contribution in [2.45, 2.75) is 38.7 Å². The summed E-state index contributed by atoms with van der Waals surface area (Å²) in [4.78, 5) is 30.5. The number of urea groups is 1. The zero-order chi connectivity index (χ0) is 35.1. The van der Waals surface area contributed by atoms with E-state index in [2.05, 4.69) is 15.5 Å². The van der Waals surface area contributed by atoms with Crippen LogP contribution in [0.25, 0.3) is 0 Å². The van der Waals surface area contributed by atoms with Gasteiger partial charge in [-0.3, -0.25) is 9.69 Å². The van der Waals surface area contributed by atoms with Gasteiger partial charge in [-0.2, -0.15) is 13.2 Å². The summed E-state index contributed by atoms with van der Waals surface area (Å²) < 4.78 is 51.4. The van der Waals surface area contributed by atoms with Crippen LogP contribution in [-0.4, -0.2) is 65.7 Å². The van der Waals surface area contributed by atoms with Gasteiger partial charge in [0.25, 0.3) is 5.91 Å². The lowest BCUT2D eigenvalue weighted by molar-refractivity contribution is -0.137. The lowest BCUT2D eigenvalue weighted by atomic mass is 9.99. The summed E-state index contributed by atoms with van der Waals surface area (Å²) >= 11 is 0. The van der Waals surface area contributed by atoms with Gasteiger partial charge in [-0.05, 0) is 80.2 Å². The van der Waals surface area contributed by atoms with E-state index < -0.39 is 29.9 Å². The quantitative estimate of drug-likeness (QED) is 0.161. The molecule has 0 aliphatic carbocycles. The predicted octanol–water partition coefficient (Wildman–Crippen LogP) is 7.49. The number of likely N-dealkylation sites (N-methyl/N-ethyl adjacent to an activating group) is 1. The van der Waals surface area contributed by atoms with Crippen molar-refractivity contribution in [1.29, 1.82) is 0 Å². The fourth-order valence-electron chi connectivity index (χ4n) is 5.56. The van der Waals surface area contributed by atoms with Gasteiger partial charge >= 0.3 is 12.2 Å². The normalized spacial score (nSPS) is 17.0. The Morgan fingerprint density at radius 3 is 2.31 bits per heavy atom. The summed E-state index contributed by atoms with van der Waals surface area (Å²) in [5, 5.41) is 15.2. The summed E-state index contributed by atoms with van der Waals surface area (Å²) in [6.45, 7) is 4.88. The number of carbonyl (C=O) groups is 2. The number of fused-ring (bicyclic) bond motifs is 1. The molecule has 0 fully saturated rings. The fourth-order valence-corrected chi connectivity index (χ4v) is 5.56. The molecule has 0 unspecified atom stereocenters. The SMILES string of the molecule is C[C@H](CO)N1C[C@H](C)[C@H](CN(C)Cc2ccc(Oc3ccccc3)cc2)Oc2c(NC(=O)Nc3ccc(C(F)(F)F)cc3)cccc2C1=O. The number of hydrogen-bond donors (Lipinski definition) is 3. The third kappa shape index (κ3) is 9.09. The molecule has 1 heterocycles. The second-order valence-corrected chi connectivity index (χ2v) is 12.2. The van der Waals surface area contributed by atoms with Crippen molar-refractivity contribution in [3.63, 3.8) is 0 Å². The first-order valence-electron chi connectivity index (χ1n) is 15.9. The third-order valence-electron chi connectivity index (χ3n) is 8.26. The molecule has 0 saturated carbocycles. The molecule has 0 aromatic heterocycles. The Bertz CT molecular complexity index is 1720. The van der Waals surface area contributed by atoms with Crippen LogP contribution < -0.4 is 20.1 Å². The Morgan fingerprint density at radius 1 is 0.980 bits per heavy atom. The van der Waals surface area contributed by atoms with Gasteiger partial charge in [-0.1, -0.05) is 43.3 Å². The summed E-state index contributed by atoms with van der Waals surface area (Å²) in [6.07, 6.45) is -4.94. The zero-order valence-electron chi connectivity index (χ0n) is 27.4. The number of carbonyl (C=O) groups excluding carboxylic acids is 2. The van der Waals surface area contributed by atoms with Gasteiger partial charge in [-0.25, -0.2) is 4.79 Å². The molecule has 1 aliphatic heterocycles. The predicted molar refractivity (Wildman–Crippen MR) is 181 cm³/mol. The number of halogens is 3. The minimum absolute atomic E-state index is 0.150. The van der Waals surface area contributed by atoms with Gasteiger partial charge < -0.3 is 30.1 Å². The lowest BCUT2D eigenvalue weighted by Gasteiger charge is -2.38. The maximum Gasteiger partial charge on any atom is 0.416 e. The molecule has 0 spiro atoms. The van der Waals surface area contributed by atoms with E-state index in [1.54, 1.807) is 30.0 Å². The van der Waals surface area contributed by atoms with Crippen molar-refractivity contribution in [3.05, 3.63) is 114 Å². The summed E-state index contributed by atoms with van der Waals surface area (Å²) in [5.41, 5.74) is 0.784. The summed E-state index contributed by atoms with van der Waals surface area (Å²) in [6, 6.07) is 25.0. The van der Waals surface area contributed by atoms with E-state index in [1.807, 2.05) is 68.6 Å². The molecule has 5 rings (SSSR count). The molecule has 49 heavy (non-hydrogen) atoms. The number of aliphatic hydroxyl groups is 1. The molecule has 4 aromatic rings. The van der Waals surface area contributed by atoms with Crippen LogP contribution in [0.5, 0.6) is 17.2 Å². The smallest absolute Gasteiger partial charge is 0.416 e. The standard InChI is InChI=1S/C37H39F3N4O5/c1-24-20-44(25(2)23-45)35(46)31-10-7-11-32(42-36(47)41-28-16-14-27(15-17-28)37(38,39)40)34(31)49-33(24)22-43(3)21-26-12-18-30(19-13-26)48-29-8-5-4-6-9-29/h4-19,24-25,33,45H,20-23H2,1-3H3,(H2,41,42,47)/t24-,25+,33-/m0/s1. The number of nitrogens with one attached hydrogen (secondary N) is 2. The Kier molecular flexibility index (Phi) is 11.1. The van der Waals surface area contributed by atoms with Crippen LogP contribution in [-0.2, 0) is 12.7 Å². The van der Waals surface area contributed by atoms with Crippen molar-refractivity contribution >= 4 is 23.3 Å². The van der Waals surface area contributed by atoms with E-state index in [-0.39, 0.29) is 41.1 Å². The number of para-hydroxylation sites is 2. The van der Waals surface area contributed by atoms with Crippen LogP contribution in [0, 0.1) is 5.92 Å². The Morgan fingerprint density at radius 2 is 1.65 bits per heavy atom. The Balaban J connectivity index is 1.34. The molecule has 0 radical (unpaired) electrons. The number of ether oxygens (including phenoxy) is 2. The number of aliphatic hydroxyl groups excluding tert-OH is 1. The topological polar surface area (TPSA) is 103 Å². The molecular weight excluding hydrogens is 637 g/mol. The highest BCUT2D eigenvalue weighted by Crippen LogP contribution is 2.35. The Hall–Kier alpha value is -5.07. The van der Waals surface area contributed by atoms with E-state index in [0.717, 1.165) is 41.3 Å². The average Bonchev–Trinajstić information content (AvgIpc) is 3.07. The largest absolute Gasteiger partial charge is 0.486 e. The van der Waals surface area contributed by atoms with Crippen molar-refractivity contribution in [2.75, 3.05) is 37.4 Å². The van der Waals surface area contributed by atoms with Crippen molar-refractivity contribution in [2.24, 2.45) is 5.92 Å². The minimum Gasteiger partial charge on any atom is -0.486 e. The van der Waals surface area contributed by atoms with Gasteiger partial charge in [0.1, 0.15) is 17.6 Å². The molecule has 3 amide bonds. The number of anilines is 2. The van der Waals surface area contributed by atoms with Crippen LogP contribution in [0.2, 0.25) is 0 Å². The number of hydrogen-bond acceptors (Lipinski definition) is 6. The van der Waals surface area contributed by atoms with Crippen LogP contribution in [0.4, 0.5) is 29.3 Å². The van der Waals surface area contributed by atoms with E-state index in [4.69, 9.17) is 9.47 Å². The van der Waals surface area contributed by atoms with Gasteiger partial charge in [-0.15, -0.1) is 0 Å². The molecular formula is C37H39F3N4O5.